The van der Waals surface area contributed by atoms with Crippen molar-refractivity contribution < 1.29 is 13.9 Å². The molecule has 4 rings (SSSR count). The Balaban J connectivity index is 1.29. The first-order chi connectivity index (χ1) is 13.2. The molecule has 142 valence electrons. The third kappa shape index (κ3) is 4.42. The molecule has 5 nitrogen and oxygen atoms in total. The lowest BCUT2D eigenvalue weighted by atomic mass is 10.1. The number of ether oxygens (including phenoxy) is 2. The van der Waals surface area contributed by atoms with Crippen LogP contribution in [0, 0.1) is 0 Å². The van der Waals surface area contributed by atoms with Crippen LogP contribution in [0.3, 0.4) is 0 Å². The number of benzene rings is 2. The van der Waals surface area contributed by atoms with E-state index in [-0.39, 0.29) is 6.08 Å². The summed E-state index contributed by atoms with van der Waals surface area (Å²) in [7, 11) is 2.24. The van der Waals surface area contributed by atoms with Gasteiger partial charge in [0.1, 0.15) is 17.0 Å². The zero-order chi connectivity index (χ0) is 18.6. The van der Waals surface area contributed by atoms with Gasteiger partial charge >= 0.3 is 6.08 Å². The van der Waals surface area contributed by atoms with Gasteiger partial charge in [-0.15, -0.1) is 0 Å². The van der Waals surface area contributed by atoms with Crippen LogP contribution in [-0.2, 0) is 0 Å². The molecule has 1 atom stereocenters. The predicted octanol–water partition coefficient (Wildman–Crippen LogP) is 5.26. The number of nitrogens with zero attached hydrogens (tertiary/aromatic N) is 2. The Hall–Kier alpha value is -2.53. The average Bonchev–Trinajstić information content (AvgIpc) is 3.46. The van der Waals surface area contributed by atoms with E-state index in [1.807, 2.05) is 48.5 Å². The molecule has 1 aromatic heterocycles. The van der Waals surface area contributed by atoms with Gasteiger partial charge in [0.05, 0.1) is 6.61 Å². The van der Waals surface area contributed by atoms with E-state index in [9.17, 15) is 0 Å². The molecule has 1 aliphatic rings. The summed E-state index contributed by atoms with van der Waals surface area (Å²) in [5.74, 6) is 1.53. The van der Waals surface area contributed by atoms with Gasteiger partial charge in [0, 0.05) is 12.1 Å². The predicted molar refractivity (Wildman–Crippen MR) is 106 cm³/mol. The van der Waals surface area contributed by atoms with Gasteiger partial charge < -0.3 is 18.8 Å². The largest absolute Gasteiger partial charge is 0.494 e. The van der Waals surface area contributed by atoms with Crippen LogP contribution < -0.4 is 9.47 Å². The van der Waals surface area contributed by atoms with Crippen molar-refractivity contribution in [3.63, 3.8) is 0 Å². The summed E-state index contributed by atoms with van der Waals surface area (Å²) >= 11 is 0. The van der Waals surface area contributed by atoms with Crippen molar-refractivity contribution in [2.45, 2.75) is 44.7 Å². The number of hydrogen-bond acceptors (Lipinski definition) is 5. The second kappa shape index (κ2) is 8.01. The highest BCUT2D eigenvalue weighted by Crippen LogP contribution is 2.29. The van der Waals surface area contributed by atoms with Crippen LogP contribution in [0.2, 0.25) is 0 Å². The Labute approximate surface area is 159 Å². The fraction of sp³-hybridized carbons (Fsp3) is 0.409. The summed E-state index contributed by atoms with van der Waals surface area (Å²) in [5, 5.41) is 0. The van der Waals surface area contributed by atoms with Crippen molar-refractivity contribution in [3.8, 4) is 17.6 Å². The first kappa shape index (κ1) is 17.9. The molecule has 3 aromatic rings. The Bertz CT molecular complexity index is 838. The SMILES string of the molecule is CCC(CCOc1ccc(Oc2nc3ccccc3o2)cc1)N(C)C1CC1. The minimum absolute atomic E-state index is 0.249. The van der Waals surface area contributed by atoms with Gasteiger partial charge in [-0.2, -0.15) is 4.98 Å². The molecule has 1 fully saturated rings. The lowest BCUT2D eigenvalue weighted by molar-refractivity contribution is 0.182. The molecule has 1 saturated carbocycles. The highest BCUT2D eigenvalue weighted by Gasteiger charge is 2.30. The summed E-state index contributed by atoms with van der Waals surface area (Å²) in [6.45, 7) is 2.97. The molecule has 0 amide bonds. The number of para-hydroxylation sites is 2. The molecule has 0 aliphatic heterocycles. The molecule has 0 saturated heterocycles. The van der Waals surface area contributed by atoms with E-state index < -0.39 is 0 Å². The molecule has 0 bridgehead atoms. The van der Waals surface area contributed by atoms with Crippen LogP contribution in [0.25, 0.3) is 11.1 Å². The van der Waals surface area contributed by atoms with Gasteiger partial charge in [0.15, 0.2) is 5.58 Å². The van der Waals surface area contributed by atoms with Crippen LogP contribution in [-0.4, -0.2) is 35.6 Å². The average molecular weight is 366 g/mol. The maximum atomic E-state index is 5.92. The number of hydrogen-bond donors (Lipinski definition) is 0. The monoisotopic (exact) mass is 366 g/mol. The zero-order valence-corrected chi connectivity index (χ0v) is 15.9. The number of fused-ring (bicyclic) bond motifs is 1. The Morgan fingerprint density at radius 1 is 1.11 bits per heavy atom. The third-order valence-electron chi connectivity index (χ3n) is 5.19. The highest BCUT2D eigenvalue weighted by atomic mass is 16.6. The maximum absolute atomic E-state index is 5.92. The molecule has 1 unspecified atom stereocenters. The Kier molecular flexibility index (Phi) is 5.30. The second-order valence-corrected chi connectivity index (χ2v) is 7.12. The van der Waals surface area contributed by atoms with Gasteiger partial charge in [-0.1, -0.05) is 19.1 Å². The summed E-state index contributed by atoms with van der Waals surface area (Å²) in [6.07, 6.45) is 5.14. The first-order valence-electron chi connectivity index (χ1n) is 9.71. The van der Waals surface area contributed by atoms with Crippen LogP contribution >= 0.6 is 0 Å². The summed E-state index contributed by atoms with van der Waals surface area (Å²) in [5.41, 5.74) is 1.50. The van der Waals surface area contributed by atoms with E-state index in [1.165, 1.54) is 12.8 Å². The summed E-state index contributed by atoms with van der Waals surface area (Å²) in [6, 6.07) is 16.6. The van der Waals surface area contributed by atoms with E-state index in [4.69, 9.17) is 13.9 Å². The van der Waals surface area contributed by atoms with E-state index in [0.717, 1.165) is 36.8 Å². The number of rotatable bonds is 9. The van der Waals surface area contributed by atoms with Crippen molar-refractivity contribution in [2.75, 3.05) is 13.7 Å². The zero-order valence-electron chi connectivity index (χ0n) is 15.9. The quantitative estimate of drug-likeness (QED) is 0.517. The van der Waals surface area contributed by atoms with Crippen molar-refractivity contribution in [3.05, 3.63) is 48.5 Å². The van der Waals surface area contributed by atoms with E-state index in [2.05, 4.69) is 23.9 Å². The number of aromatic nitrogens is 1. The van der Waals surface area contributed by atoms with E-state index in [1.54, 1.807) is 0 Å². The molecule has 0 spiro atoms. The standard InChI is InChI=1S/C22H26N2O3/c1-3-16(24(2)17-8-9-17)14-15-25-18-10-12-19(13-11-18)26-22-23-20-6-4-5-7-21(20)27-22/h4-7,10-13,16-17H,3,8-9,14-15H2,1-2H3. The van der Waals surface area contributed by atoms with Gasteiger partial charge in [-0.3, -0.25) is 0 Å². The minimum Gasteiger partial charge on any atom is -0.494 e. The molecule has 2 aromatic carbocycles. The van der Waals surface area contributed by atoms with Crippen molar-refractivity contribution in [1.82, 2.24) is 9.88 Å². The molecule has 0 N–H and O–H groups in total. The second-order valence-electron chi connectivity index (χ2n) is 7.12. The Morgan fingerprint density at radius 2 is 1.85 bits per heavy atom. The first-order valence-corrected chi connectivity index (χ1v) is 9.71. The Morgan fingerprint density at radius 3 is 2.56 bits per heavy atom. The molecule has 5 heteroatoms. The normalized spacial score (nSPS) is 15.2. The maximum Gasteiger partial charge on any atom is 0.400 e. The third-order valence-corrected chi connectivity index (χ3v) is 5.19. The van der Waals surface area contributed by atoms with Crippen LogP contribution in [0.4, 0.5) is 0 Å². The molecule has 1 heterocycles. The van der Waals surface area contributed by atoms with Gasteiger partial charge in [-0.05, 0) is 69.1 Å². The lowest BCUT2D eigenvalue weighted by Crippen LogP contribution is -2.34. The van der Waals surface area contributed by atoms with E-state index >= 15 is 0 Å². The van der Waals surface area contributed by atoms with Crippen molar-refractivity contribution in [2.24, 2.45) is 0 Å². The molecular weight excluding hydrogens is 340 g/mol. The van der Waals surface area contributed by atoms with Crippen LogP contribution in [0.5, 0.6) is 17.6 Å². The highest BCUT2D eigenvalue weighted by molar-refractivity contribution is 5.72. The smallest absolute Gasteiger partial charge is 0.400 e. The molecular formula is C22H26N2O3. The summed E-state index contributed by atoms with van der Waals surface area (Å²) in [4.78, 5) is 6.83. The fourth-order valence-electron chi connectivity index (χ4n) is 3.39. The van der Waals surface area contributed by atoms with Crippen LogP contribution in [0.15, 0.2) is 52.9 Å². The van der Waals surface area contributed by atoms with Crippen LogP contribution in [0.1, 0.15) is 32.6 Å². The molecule has 1 aliphatic carbocycles. The van der Waals surface area contributed by atoms with Crippen molar-refractivity contribution >= 4 is 11.1 Å². The topological polar surface area (TPSA) is 47.7 Å². The summed E-state index contributed by atoms with van der Waals surface area (Å²) < 4.78 is 17.2. The van der Waals surface area contributed by atoms with Gasteiger partial charge in [0.25, 0.3) is 0 Å². The number of oxazole rings is 1. The van der Waals surface area contributed by atoms with E-state index in [0.29, 0.717) is 17.4 Å². The molecule has 27 heavy (non-hydrogen) atoms. The minimum atomic E-state index is 0.249. The fourth-order valence-corrected chi connectivity index (χ4v) is 3.39. The molecule has 0 radical (unpaired) electrons. The lowest BCUT2D eigenvalue weighted by Gasteiger charge is -2.27. The van der Waals surface area contributed by atoms with Gasteiger partial charge in [0.2, 0.25) is 0 Å². The van der Waals surface area contributed by atoms with Gasteiger partial charge in [-0.25, -0.2) is 0 Å². The van der Waals surface area contributed by atoms with Crippen molar-refractivity contribution in [1.29, 1.82) is 0 Å².